The zero-order valence-corrected chi connectivity index (χ0v) is 23.3. The second kappa shape index (κ2) is 12.3. The summed E-state index contributed by atoms with van der Waals surface area (Å²) in [5.41, 5.74) is 2.46. The Morgan fingerprint density at radius 3 is 2.72 bits per heavy atom. The Balaban J connectivity index is 1.61. The third-order valence-electron chi connectivity index (χ3n) is 6.48. The van der Waals surface area contributed by atoms with Crippen molar-refractivity contribution >= 4 is 34.8 Å². The fourth-order valence-corrected chi connectivity index (χ4v) is 4.90. The number of rotatable bonds is 10. The molecule has 1 aliphatic carbocycles. The van der Waals surface area contributed by atoms with Crippen LogP contribution in [-0.4, -0.2) is 62.7 Å². The number of methoxy groups -OCH3 is 1. The Bertz CT molecular complexity index is 1300. The summed E-state index contributed by atoms with van der Waals surface area (Å²) >= 11 is 0. The molecule has 212 valence electrons. The molecule has 1 saturated carbocycles. The van der Waals surface area contributed by atoms with Crippen molar-refractivity contribution in [2.75, 3.05) is 19.0 Å². The summed E-state index contributed by atoms with van der Waals surface area (Å²) < 4.78 is 24.8. The van der Waals surface area contributed by atoms with Crippen LogP contribution in [0.15, 0.2) is 18.3 Å². The van der Waals surface area contributed by atoms with Gasteiger partial charge < -0.3 is 29.6 Å². The number of fused-ring (bicyclic) bond motifs is 1. The Morgan fingerprint density at radius 2 is 2.00 bits per heavy atom. The zero-order valence-electron chi connectivity index (χ0n) is 23.3. The molecular weight excluding hydrogens is 506 g/mol. The maximum Gasteiger partial charge on any atom is 0.510 e. The van der Waals surface area contributed by atoms with Crippen LogP contribution < -0.4 is 10.6 Å². The van der Waals surface area contributed by atoms with Crippen LogP contribution in [0.2, 0.25) is 0 Å². The van der Waals surface area contributed by atoms with Crippen molar-refractivity contribution in [3.8, 4) is 0 Å². The van der Waals surface area contributed by atoms with Crippen molar-refractivity contribution in [2.45, 2.75) is 77.9 Å². The van der Waals surface area contributed by atoms with Gasteiger partial charge in [-0.15, -0.1) is 0 Å². The second-order valence-electron chi connectivity index (χ2n) is 9.82. The lowest BCUT2D eigenvalue weighted by Crippen LogP contribution is -2.33. The highest BCUT2D eigenvalue weighted by atomic mass is 16.7. The number of hydrogen-bond acceptors (Lipinski definition) is 10. The second-order valence-corrected chi connectivity index (χ2v) is 9.82. The van der Waals surface area contributed by atoms with Gasteiger partial charge in [0.05, 0.1) is 18.9 Å². The largest absolute Gasteiger partial charge is 0.510 e. The minimum atomic E-state index is -0.772. The summed E-state index contributed by atoms with van der Waals surface area (Å²) in [4.78, 5) is 28.7. The third kappa shape index (κ3) is 6.59. The van der Waals surface area contributed by atoms with Crippen LogP contribution in [0.4, 0.5) is 21.2 Å². The summed E-state index contributed by atoms with van der Waals surface area (Å²) in [6, 6.07) is 3.81. The van der Waals surface area contributed by atoms with Gasteiger partial charge in [0.2, 0.25) is 0 Å². The highest BCUT2D eigenvalue weighted by molar-refractivity contribution is 5.91. The summed E-state index contributed by atoms with van der Waals surface area (Å²) in [5.74, 6) is 1.14. The van der Waals surface area contributed by atoms with E-state index in [1.165, 1.54) is 0 Å². The number of carbonyl (C=O) groups excluding carboxylic acids is 2. The van der Waals surface area contributed by atoms with E-state index in [1.54, 1.807) is 36.5 Å². The highest BCUT2D eigenvalue weighted by Gasteiger charge is 2.33. The van der Waals surface area contributed by atoms with Crippen molar-refractivity contribution in [1.29, 1.82) is 0 Å². The van der Waals surface area contributed by atoms with Gasteiger partial charge in [-0.1, -0.05) is 0 Å². The van der Waals surface area contributed by atoms with E-state index in [1.807, 2.05) is 33.0 Å². The Kier molecular flexibility index (Phi) is 8.90. The molecule has 4 rings (SSSR count). The smallest absolute Gasteiger partial charge is 0.446 e. The molecule has 0 bridgehead atoms. The first kappa shape index (κ1) is 28.1. The molecule has 0 spiro atoms. The van der Waals surface area contributed by atoms with E-state index >= 15 is 0 Å². The normalized spacial score (nSPS) is 17.8. The maximum absolute atomic E-state index is 12.1. The van der Waals surface area contributed by atoms with Crippen LogP contribution in [0, 0.1) is 0 Å². The summed E-state index contributed by atoms with van der Waals surface area (Å²) in [7, 11) is 3.48. The number of alkyl carbamates (subject to hydrolysis) is 1. The molecule has 1 fully saturated rings. The molecule has 3 aromatic rings. The van der Waals surface area contributed by atoms with Crippen molar-refractivity contribution in [1.82, 2.24) is 29.9 Å². The molecule has 2 N–H and O–H groups in total. The minimum Gasteiger partial charge on any atom is -0.446 e. The fraction of sp³-hybridized carbons (Fsp3) is 0.577. The molecule has 0 aromatic carbocycles. The molecule has 3 atom stereocenters. The minimum absolute atomic E-state index is 0.00583. The molecule has 1 unspecified atom stereocenters. The summed E-state index contributed by atoms with van der Waals surface area (Å²) in [5, 5.41) is 16.3. The van der Waals surface area contributed by atoms with Crippen LogP contribution in [0.5, 0.6) is 0 Å². The van der Waals surface area contributed by atoms with Crippen molar-refractivity contribution in [3.05, 3.63) is 29.7 Å². The predicted molar refractivity (Wildman–Crippen MR) is 143 cm³/mol. The first-order chi connectivity index (χ1) is 18.7. The molecule has 1 amide bonds. The van der Waals surface area contributed by atoms with Gasteiger partial charge >= 0.3 is 12.2 Å². The lowest BCUT2D eigenvalue weighted by molar-refractivity contribution is -0.000130. The van der Waals surface area contributed by atoms with Crippen LogP contribution in [0.3, 0.4) is 0 Å². The van der Waals surface area contributed by atoms with Crippen molar-refractivity contribution in [3.63, 3.8) is 0 Å². The average Bonchev–Trinajstić information content (AvgIpc) is 3.57. The van der Waals surface area contributed by atoms with Gasteiger partial charge in [-0.05, 0) is 53.0 Å². The molecule has 0 aliphatic heterocycles. The van der Waals surface area contributed by atoms with Gasteiger partial charge in [-0.25, -0.2) is 19.3 Å². The Labute approximate surface area is 227 Å². The predicted octanol–water partition coefficient (Wildman–Crippen LogP) is 4.52. The monoisotopic (exact) mass is 543 g/mol. The molecule has 0 saturated heterocycles. The SMILES string of the molecule is CCOC(=O)OC(C)n1nc(Nc2nccc3c(COC)nn(C)c23)cc1[C@H]1CC[C@@H](OC(=O)NC(C)C)C1. The van der Waals surface area contributed by atoms with E-state index in [4.69, 9.17) is 24.0 Å². The van der Waals surface area contributed by atoms with E-state index in [9.17, 15) is 9.59 Å². The standard InChI is InChI=1S/C26H37N7O6/c1-7-37-26(35)38-16(4)33-21(17-8-9-18(12-17)39-25(34)28-15(2)3)13-22(31-33)29-24-23-19(10-11-27-24)20(14-36-6)30-32(23)5/h10-11,13,15-18H,7-9,12,14H2,1-6H3,(H,28,34)(H,27,29,31)/t16?,17-,18+/m0/s1. The zero-order chi connectivity index (χ0) is 28.1. The van der Waals surface area contributed by atoms with Crippen molar-refractivity contribution < 1.29 is 28.5 Å². The number of pyridine rings is 1. The van der Waals surface area contributed by atoms with E-state index in [0.717, 1.165) is 35.1 Å². The van der Waals surface area contributed by atoms with Gasteiger partial charge in [0.25, 0.3) is 0 Å². The van der Waals surface area contributed by atoms with Crippen LogP contribution in [-0.2, 0) is 32.6 Å². The van der Waals surface area contributed by atoms with Crippen LogP contribution in [0.25, 0.3) is 10.9 Å². The van der Waals surface area contributed by atoms with Gasteiger partial charge in [-0.2, -0.15) is 10.2 Å². The lowest BCUT2D eigenvalue weighted by atomic mass is 10.0. The fourth-order valence-electron chi connectivity index (χ4n) is 4.90. The number of anilines is 2. The highest BCUT2D eigenvalue weighted by Crippen LogP contribution is 2.38. The number of aryl methyl sites for hydroxylation is 1. The molecule has 1 aliphatic rings. The topological polar surface area (TPSA) is 144 Å². The quantitative estimate of drug-likeness (QED) is 0.350. The van der Waals surface area contributed by atoms with Gasteiger partial charge in [0.1, 0.15) is 11.6 Å². The first-order valence-corrected chi connectivity index (χ1v) is 13.2. The molecular formula is C26H37N7O6. The maximum atomic E-state index is 12.1. The van der Waals surface area contributed by atoms with Gasteiger partial charge in [0, 0.05) is 49.5 Å². The van der Waals surface area contributed by atoms with Gasteiger partial charge in [-0.3, -0.25) is 4.68 Å². The van der Waals surface area contributed by atoms with Crippen LogP contribution in [0.1, 0.15) is 70.5 Å². The number of nitrogens with one attached hydrogen (secondary N) is 2. The molecule has 3 heterocycles. The number of amides is 1. The average molecular weight is 544 g/mol. The molecule has 39 heavy (non-hydrogen) atoms. The lowest BCUT2D eigenvalue weighted by Gasteiger charge is -2.19. The molecule has 0 radical (unpaired) electrons. The summed E-state index contributed by atoms with van der Waals surface area (Å²) in [6.07, 6.45) is 1.68. The van der Waals surface area contributed by atoms with Crippen LogP contribution >= 0.6 is 0 Å². The Hall–Kier alpha value is -3.87. The molecule has 3 aromatic heterocycles. The van der Waals surface area contributed by atoms with E-state index in [2.05, 4.69) is 20.7 Å². The number of hydrogen-bond donors (Lipinski definition) is 2. The number of carbonyl (C=O) groups is 2. The Morgan fingerprint density at radius 1 is 1.21 bits per heavy atom. The number of aromatic nitrogens is 5. The third-order valence-corrected chi connectivity index (χ3v) is 6.48. The molecule has 13 heteroatoms. The van der Waals surface area contributed by atoms with Gasteiger partial charge in [0.15, 0.2) is 17.9 Å². The first-order valence-electron chi connectivity index (χ1n) is 13.2. The van der Waals surface area contributed by atoms with E-state index < -0.39 is 18.5 Å². The van der Waals surface area contributed by atoms with E-state index in [0.29, 0.717) is 24.7 Å². The number of nitrogens with zero attached hydrogens (tertiary/aromatic N) is 5. The summed E-state index contributed by atoms with van der Waals surface area (Å²) in [6.45, 7) is 7.79. The van der Waals surface area contributed by atoms with Crippen molar-refractivity contribution in [2.24, 2.45) is 7.05 Å². The molecule has 13 nitrogen and oxygen atoms in total. The van der Waals surface area contributed by atoms with E-state index in [-0.39, 0.29) is 24.7 Å². The number of ether oxygens (including phenoxy) is 4.